The Bertz CT molecular complexity index is 1210. The summed E-state index contributed by atoms with van der Waals surface area (Å²) in [6.45, 7) is 2.91. The lowest BCUT2D eigenvalue weighted by atomic mass is 10.1. The van der Waals surface area contributed by atoms with Crippen molar-refractivity contribution < 1.29 is 24.0 Å². The normalized spacial score (nSPS) is 15.7. The maximum atomic E-state index is 12.9. The number of allylic oxidation sites excluding steroid dienone is 1. The molecule has 36 heavy (non-hydrogen) atoms. The molecule has 1 saturated heterocycles. The number of barbiturate groups is 1. The fraction of sp³-hybridized carbons (Fsp3) is 0.296. The van der Waals surface area contributed by atoms with E-state index in [0.717, 1.165) is 15.4 Å². The highest BCUT2D eigenvalue weighted by atomic mass is 16.2. The van der Waals surface area contributed by atoms with Gasteiger partial charge in [-0.3, -0.25) is 33.9 Å². The molecule has 0 bridgehead atoms. The van der Waals surface area contributed by atoms with Gasteiger partial charge >= 0.3 is 6.03 Å². The first-order valence-electron chi connectivity index (χ1n) is 11.8. The first kappa shape index (κ1) is 24.8. The van der Waals surface area contributed by atoms with E-state index < -0.39 is 17.8 Å². The van der Waals surface area contributed by atoms with Crippen molar-refractivity contribution in [2.75, 3.05) is 27.2 Å². The number of unbranched alkanes of at least 4 members (excludes halogenated alkanes) is 1. The number of nitrogens with zero attached hydrogens (tertiary/aromatic N) is 4. The molecule has 2 aliphatic rings. The van der Waals surface area contributed by atoms with Crippen molar-refractivity contribution in [3.63, 3.8) is 0 Å². The molecule has 0 aromatic heterocycles. The first-order chi connectivity index (χ1) is 17.2. The van der Waals surface area contributed by atoms with E-state index in [9.17, 15) is 24.0 Å². The molecule has 0 saturated carbocycles. The third-order valence-electron chi connectivity index (χ3n) is 6.60. The highest BCUT2D eigenvalue weighted by Gasteiger charge is 2.40. The standard InChI is InChI=1S/C27H28N4O5/c1-18(22-25(34)28(2)27(36)29(3)26(22)35)30(17-19-11-5-4-6-12-19)15-9-10-16-31-23(32)20-13-7-8-14-21(20)24(31)33/h4-8,11-14H,9-10,15-17H2,1-3H3. The maximum Gasteiger partial charge on any atom is 0.333 e. The van der Waals surface area contributed by atoms with Crippen LogP contribution in [0.5, 0.6) is 0 Å². The topological polar surface area (TPSA) is 98.3 Å². The number of benzene rings is 2. The molecule has 0 aliphatic carbocycles. The van der Waals surface area contributed by atoms with Gasteiger partial charge in [-0.15, -0.1) is 0 Å². The van der Waals surface area contributed by atoms with Gasteiger partial charge in [0.1, 0.15) is 5.57 Å². The lowest BCUT2D eigenvalue weighted by Gasteiger charge is -2.33. The van der Waals surface area contributed by atoms with Crippen molar-refractivity contribution in [2.45, 2.75) is 26.3 Å². The fourth-order valence-corrected chi connectivity index (χ4v) is 4.48. The van der Waals surface area contributed by atoms with Crippen molar-refractivity contribution >= 4 is 29.7 Å². The Balaban J connectivity index is 1.50. The summed E-state index contributed by atoms with van der Waals surface area (Å²) in [6.07, 6.45) is 1.16. The molecule has 0 unspecified atom stereocenters. The SMILES string of the molecule is CC(=C1C(=O)N(C)C(=O)N(C)C1=O)N(CCCCN1C(=O)c2ccccc2C1=O)Cc1ccccc1. The largest absolute Gasteiger partial charge is 0.370 e. The minimum atomic E-state index is -0.669. The molecule has 4 rings (SSSR count). The zero-order valence-corrected chi connectivity index (χ0v) is 20.6. The summed E-state index contributed by atoms with van der Waals surface area (Å²) < 4.78 is 0. The fourth-order valence-electron chi connectivity index (χ4n) is 4.48. The highest BCUT2D eigenvalue weighted by Crippen LogP contribution is 2.24. The van der Waals surface area contributed by atoms with E-state index in [1.54, 1.807) is 31.2 Å². The Morgan fingerprint density at radius 3 is 1.81 bits per heavy atom. The molecule has 0 spiro atoms. The lowest BCUT2D eigenvalue weighted by Crippen LogP contribution is -2.54. The van der Waals surface area contributed by atoms with Crippen LogP contribution in [0.15, 0.2) is 65.9 Å². The minimum absolute atomic E-state index is 0.0455. The number of hydrogen-bond donors (Lipinski definition) is 0. The van der Waals surface area contributed by atoms with Crippen molar-refractivity contribution in [3.05, 3.63) is 82.6 Å². The van der Waals surface area contributed by atoms with Crippen LogP contribution in [-0.4, -0.2) is 76.4 Å². The number of amides is 6. The van der Waals surface area contributed by atoms with Gasteiger partial charge in [-0.2, -0.15) is 0 Å². The Labute approximate surface area is 209 Å². The second-order valence-electron chi connectivity index (χ2n) is 8.89. The number of carbonyl (C=O) groups excluding carboxylic acids is 5. The Kier molecular flexibility index (Phi) is 7.00. The predicted molar refractivity (Wildman–Crippen MR) is 132 cm³/mol. The summed E-state index contributed by atoms with van der Waals surface area (Å²) in [6, 6.07) is 15.8. The average Bonchev–Trinajstić information content (AvgIpc) is 3.13. The molecule has 9 heteroatoms. The summed E-state index contributed by atoms with van der Waals surface area (Å²) in [5.41, 5.74) is 2.26. The number of carbonyl (C=O) groups is 5. The van der Waals surface area contributed by atoms with Crippen LogP contribution >= 0.6 is 0 Å². The third-order valence-corrected chi connectivity index (χ3v) is 6.60. The van der Waals surface area contributed by atoms with Crippen LogP contribution in [0, 0.1) is 0 Å². The van der Waals surface area contributed by atoms with Crippen LogP contribution in [0.1, 0.15) is 46.0 Å². The Hall–Kier alpha value is -4.27. The molecule has 9 nitrogen and oxygen atoms in total. The van der Waals surface area contributed by atoms with Gasteiger partial charge in [0.05, 0.1) is 11.1 Å². The first-order valence-corrected chi connectivity index (χ1v) is 11.8. The van der Waals surface area contributed by atoms with Crippen molar-refractivity contribution in [1.29, 1.82) is 0 Å². The summed E-state index contributed by atoms with van der Waals surface area (Å²) in [7, 11) is 2.70. The molecule has 1 fully saturated rings. The highest BCUT2D eigenvalue weighted by molar-refractivity contribution is 6.28. The summed E-state index contributed by atoms with van der Waals surface area (Å²) in [5.74, 6) is -1.84. The third kappa shape index (κ3) is 4.51. The molecular weight excluding hydrogens is 460 g/mol. The van der Waals surface area contributed by atoms with E-state index in [0.29, 0.717) is 42.8 Å². The number of likely N-dealkylation sites (N-methyl/N-ethyl adjacent to an activating group) is 2. The molecule has 0 atom stereocenters. The molecule has 2 aliphatic heterocycles. The van der Waals surface area contributed by atoms with E-state index in [1.807, 2.05) is 35.2 Å². The molecule has 2 aromatic rings. The molecule has 0 radical (unpaired) electrons. The number of urea groups is 1. The molecule has 2 aromatic carbocycles. The van der Waals surface area contributed by atoms with Gasteiger partial charge in [-0.05, 0) is 37.5 Å². The zero-order valence-electron chi connectivity index (χ0n) is 20.6. The molecule has 2 heterocycles. The molecule has 0 N–H and O–H groups in total. The van der Waals surface area contributed by atoms with Gasteiger partial charge in [-0.25, -0.2) is 4.79 Å². The van der Waals surface area contributed by atoms with Gasteiger partial charge in [0, 0.05) is 39.4 Å². The van der Waals surface area contributed by atoms with Crippen molar-refractivity contribution in [3.8, 4) is 0 Å². The van der Waals surface area contributed by atoms with Crippen molar-refractivity contribution in [1.82, 2.24) is 19.6 Å². The molecule has 186 valence electrons. The molecular formula is C27H28N4O5. The van der Waals surface area contributed by atoms with E-state index >= 15 is 0 Å². The predicted octanol–water partition coefficient (Wildman–Crippen LogP) is 2.89. The van der Waals surface area contributed by atoms with Gasteiger partial charge in [0.25, 0.3) is 23.6 Å². The number of hydrogen-bond acceptors (Lipinski definition) is 6. The van der Waals surface area contributed by atoms with Gasteiger partial charge in [0.15, 0.2) is 0 Å². The monoisotopic (exact) mass is 488 g/mol. The number of fused-ring (bicyclic) bond motifs is 1. The smallest absolute Gasteiger partial charge is 0.333 e. The van der Waals surface area contributed by atoms with Gasteiger partial charge in [-0.1, -0.05) is 42.5 Å². The maximum absolute atomic E-state index is 12.9. The Morgan fingerprint density at radius 1 is 0.722 bits per heavy atom. The van der Waals surface area contributed by atoms with Crippen LogP contribution in [-0.2, 0) is 16.1 Å². The van der Waals surface area contributed by atoms with E-state index in [2.05, 4.69) is 0 Å². The van der Waals surface area contributed by atoms with Crippen LogP contribution in [0.25, 0.3) is 0 Å². The Morgan fingerprint density at radius 2 is 1.25 bits per heavy atom. The van der Waals surface area contributed by atoms with Gasteiger partial charge in [0.2, 0.25) is 0 Å². The van der Waals surface area contributed by atoms with Crippen LogP contribution in [0.4, 0.5) is 4.79 Å². The van der Waals surface area contributed by atoms with E-state index in [-0.39, 0.29) is 23.9 Å². The summed E-state index contributed by atoms with van der Waals surface area (Å²) in [4.78, 5) is 68.2. The zero-order chi connectivity index (χ0) is 26.0. The van der Waals surface area contributed by atoms with E-state index in [1.165, 1.54) is 19.0 Å². The minimum Gasteiger partial charge on any atom is -0.370 e. The quantitative estimate of drug-likeness (QED) is 0.245. The number of imide groups is 3. The lowest BCUT2D eigenvalue weighted by molar-refractivity contribution is -0.134. The molecule has 6 amide bonds. The summed E-state index contributed by atoms with van der Waals surface area (Å²) in [5, 5.41) is 0. The second kappa shape index (κ2) is 10.2. The van der Waals surface area contributed by atoms with E-state index in [4.69, 9.17) is 0 Å². The van der Waals surface area contributed by atoms with Gasteiger partial charge < -0.3 is 4.90 Å². The number of rotatable bonds is 8. The van der Waals surface area contributed by atoms with Crippen LogP contribution in [0.2, 0.25) is 0 Å². The summed E-state index contributed by atoms with van der Waals surface area (Å²) >= 11 is 0. The average molecular weight is 489 g/mol. The van der Waals surface area contributed by atoms with Crippen LogP contribution < -0.4 is 0 Å². The van der Waals surface area contributed by atoms with Crippen LogP contribution in [0.3, 0.4) is 0 Å². The van der Waals surface area contributed by atoms with Crippen molar-refractivity contribution in [2.24, 2.45) is 0 Å². The second-order valence-corrected chi connectivity index (χ2v) is 8.89.